The molecule has 1 aliphatic carbocycles. The van der Waals surface area contributed by atoms with Gasteiger partial charge in [-0.15, -0.1) is 0 Å². The highest BCUT2D eigenvalue weighted by atomic mass is 16.3. The van der Waals surface area contributed by atoms with E-state index >= 15 is 0 Å². The van der Waals surface area contributed by atoms with Gasteiger partial charge in [-0.05, 0) is 36.8 Å². The summed E-state index contributed by atoms with van der Waals surface area (Å²) in [5.41, 5.74) is 3.79. The number of aliphatic hydroxyl groups is 1. The van der Waals surface area contributed by atoms with Crippen LogP contribution in [0.1, 0.15) is 49.3 Å². The minimum Gasteiger partial charge on any atom is -0.393 e. The Balaban J connectivity index is 1.65. The van der Waals surface area contributed by atoms with Gasteiger partial charge in [-0.2, -0.15) is 0 Å². The van der Waals surface area contributed by atoms with Gasteiger partial charge < -0.3 is 9.67 Å². The van der Waals surface area contributed by atoms with Crippen LogP contribution in [0.4, 0.5) is 0 Å². The Labute approximate surface area is 119 Å². The number of hydrogen-bond donors (Lipinski definition) is 1. The molecule has 2 unspecified atom stereocenters. The number of para-hydroxylation sites is 1. The maximum atomic E-state index is 10.6. The minimum atomic E-state index is -0.183. The summed E-state index contributed by atoms with van der Waals surface area (Å²) >= 11 is 0. The number of hydrogen-bond acceptors (Lipinski definition) is 2. The van der Waals surface area contributed by atoms with E-state index < -0.39 is 0 Å². The quantitative estimate of drug-likeness (QED) is 0.928. The van der Waals surface area contributed by atoms with Crippen LogP contribution >= 0.6 is 0 Å². The highest BCUT2D eigenvalue weighted by Crippen LogP contribution is 2.42. The number of fused-ring (bicyclic) bond motifs is 3. The molecule has 0 radical (unpaired) electrons. The van der Waals surface area contributed by atoms with Crippen molar-refractivity contribution in [3.8, 4) is 5.69 Å². The number of aromatic nitrogens is 2. The minimum absolute atomic E-state index is 0.183. The van der Waals surface area contributed by atoms with Crippen LogP contribution in [-0.2, 0) is 0 Å². The molecule has 0 amide bonds. The number of imidazole rings is 1. The molecule has 1 aromatic heterocycles. The number of aliphatic hydroxyl groups excluding tert-OH is 1. The van der Waals surface area contributed by atoms with Crippen LogP contribution in [0.3, 0.4) is 0 Å². The van der Waals surface area contributed by atoms with Crippen LogP contribution in [0.15, 0.2) is 36.8 Å². The van der Waals surface area contributed by atoms with Gasteiger partial charge in [0.25, 0.3) is 0 Å². The molecule has 0 bridgehead atoms. The summed E-state index contributed by atoms with van der Waals surface area (Å²) in [7, 11) is 0. The van der Waals surface area contributed by atoms with E-state index in [1.165, 1.54) is 42.6 Å². The molecule has 2 heterocycles. The van der Waals surface area contributed by atoms with Crippen molar-refractivity contribution in [3.05, 3.63) is 48.0 Å². The van der Waals surface area contributed by atoms with Crippen molar-refractivity contribution in [1.82, 2.24) is 9.55 Å². The fourth-order valence-corrected chi connectivity index (χ4v) is 3.95. The molecule has 3 heteroatoms. The fourth-order valence-electron chi connectivity index (χ4n) is 3.95. The Morgan fingerprint density at radius 2 is 2.05 bits per heavy atom. The summed E-state index contributed by atoms with van der Waals surface area (Å²) in [5.74, 6) is 0.795. The average molecular weight is 268 g/mol. The second-order valence-electron chi connectivity index (χ2n) is 6.15. The van der Waals surface area contributed by atoms with Crippen molar-refractivity contribution in [1.29, 1.82) is 0 Å². The average Bonchev–Trinajstić information content (AvgIpc) is 3.17. The van der Waals surface area contributed by atoms with Crippen molar-refractivity contribution in [2.24, 2.45) is 5.92 Å². The first kappa shape index (κ1) is 12.2. The second kappa shape index (κ2) is 4.74. The van der Waals surface area contributed by atoms with Crippen molar-refractivity contribution >= 4 is 0 Å². The normalized spacial score (nSPS) is 22.8. The molecule has 4 rings (SSSR count). The third kappa shape index (κ3) is 1.80. The molecular weight excluding hydrogens is 248 g/mol. The lowest BCUT2D eigenvalue weighted by Gasteiger charge is -2.21. The lowest BCUT2D eigenvalue weighted by Crippen LogP contribution is -2.20. The molecule has 2 aliphatic rings. The molecule has 1 fully saturated rings. The molecule has 1 N–H and O–H groups in total. The van der Waals surface area contributed by atoms with E-state index in [1.54, 1.807) is 0 Å². The number of rotatable bonds is 3. The van der Waals surface area contributed by atoms with Gasteiger partial charge in [0.15, 0.2) is 0 Å². The Morgan fingerprint density at radius 3 is 2.90 bits per heavy atom. The van der Waals surface area contributed by atoms with E-state index in [2.05, 4.69) is 33.8 Å². The van der Waals surface area contributed by atoms with Gasteiger partial charge in [-0.3, -0.25) is 0 Å². The summed E-state index contributed by atoms with van der Waals surface area (Å²) in [6, 6.07) is 8.49. The second-order valence-corrected chi connectivity index (χ2v) is 6.15. The zero-order valence-electron chi connectivity index (χ0n) is 11.6. The highest BCUT2D eigenvalue weighted by molar-refractivity contribution is 5.53. The van der Waals surface area contributed by atoms with Gasteiger partial charge in [-0.25, -0.2) is 4.98 Å². The lowest BCUT2D eigenvalue weighted by molar-refractivity contribution is 0.0977. The van der Waals surface area contributed by atoms with E-state index in [4.69, 9.17) is 0 Å². The fraction of sp³-hybridized carbons (Fsp3) is 0.471. The molecule has 3 nitrogen and oxygen atoms in total. The Morgan fingerprint density at radius 1 is 1.25 bits per heavy atom. The van der Waals surface area contributed by atoms with Gasteiger partial charge >= 0.3 is 0 Å². The van der Waals surface area contributed by atoms with Gasteiger partial charge in [0, 0.05) is 12.1 Å². The van der Waals surface area contributed by atoms with Crippen LogP contribution in [0.5, 0.6) is 0 Å². The Kier molecular flexibility index (Phi) is 2.88. The van der Waals surface area contributed by atoms with Crippen molar-refractivity contribution < 1.29 is 5.11 Å². The SMILES string of the molecule is OC(CC1c2ccccc2-n2cncc21)C1CCCC1. The number of nitrogens with zero attached hydrogens (tertiary/aromatic N) is 2. The molecule has 1 saturated carbocycles. The molecule has 20 heavy (non-hydrogen) atoms. The molecule has 1 aliphatic heterocycles. The summed E-state index contributed by atoms with van der Waals surface area (Å²) < 4.78 is 2.17. The smallest absolute Gasteiger partial charge is 0.0994 e. The first-order valence-corrected chi connectivity index (χ1v) is 7.64. The zero-order chi connectivity index (χ0) is 13.5. The molecule has 104 valence electrons. The van der Waals surface area contributed by atoms with Gasteiger partial charge in [0.2, 0.25) is 0 Å². The van der Waals surface area contributed by atoms with Crippen LogP contribution in [0, 0.1) is 5.92 Å². The predicted octanol–water partition coefficient (Wildman–Crippen LogP) is 3.26. The van der Waals surface area contributed by atoms with Crippen LogP contribution in [0.2, 0.25) is 0 Å². The zero-order valence-corrected chi connectivity index (χ0v) is 11.6. The van der Waals surface area contributed by atoms with Crippen LogP contribution < -0.4 is 0 Å². The van der Waals surface area contributed by atoms with E-state index in [9.17, 15) is 5.11 Å². The third-order valence-electron chi connectivity index (χ3n) is 5.02. The maximum absolute atomic E-state index is 10.6. The highest BCUT2D eigenvalue weighted by Gasteiger charge is 2.33. The summed E-state index contributed by atoms with van der Waals surface area (Å²) in [5, 5.41) is 10.6. The van der Waals surface area contributed by atoms with Crippen molar-refractivity contribution in [3.63, 3.8) is 0 Å². The van der Waals surface area contributed by atoms with Crippen molar-refractivity contribution in [2.45, 2.75) is 44.1 Å². The Hall–Kier alpha value is -1.61. The summed E-state index contributed by atoms with van der Waals surface area (Å²) in [6.07, 6.45) is 9.41. The first-order valence-electron chi connectivity index (χ1n) is 7.64. The van der Waals surface area contributed by atoms with Crippen LogP contribution in [0.25, 0.3) is 5.69 Å². The third-order valence-corrected chi connectivity index (χ3v) is 5.02. The van der Waals surface area contributed by atoms with E-state index in [0.717, 1.165) is 6.42 Å². The van der Waals surface area contributed by atoms with E-state index in [-0.39, 0.29) is 6.10 Å². The van der Waals surface area contributed by atoms with Crippen LogP contribution in [-0.4, -0.2) is 20.8 Å². The monoisotopic (exact) mass is 268 g/mol. The molecule has 2 aromatic rings. The molecule has 0 saturated heterocycles. The summed E-state index contributed by atoms with van der Waals surface area (Å²) in [6.45, 7) is 0. The van der Waals surface area contributed by atoms with E-state index in [1.807, 2.05) is 12.5 Å². The van der Waals surface area contributed by atoms with Crippen molar-refractivity contribution in [2.75, 3.05) is 0 Å². The number of benzene rings is 1. The van der Waals surface area contributed by atoms with E-state index in [0.29, 0.717) is 11.8 Å². The summed E-state index contributed by atoms with van der Waals surface area (Å²) in [4.78, 5) is 4.28. The van der Waals surface area contributed by atoms with Gasteiger partial charge in [-0.1, -0.05) is 31.0 Å². The van der Waals surface area contributed by atoms with Gasteiger partial charge in [0.1, 0.15) is 0 Å². The standard InChI is InChI=1S/C17H20N2O/c20-17(12-5-1-2-6-12)9-14-13-7-3-4-8-15(13)19-11-18-10-16(14)19/h3-4,7-8,10-12,14,17,20H,1-2,5-6,9H2. The molecular formula is C17H20N2O. The largest absolute Gasteiger partial charge is 0.393 e. The molecule has 1 aromatic carbocycles. The van der Waals surface area contributed by atoms with Gasteiger partial charge in [0.05, 0.1) is 23.8 Å². The predicted molar refractivity (Wildman–Crippen MR) is 78.0 cm³/mol. The maximum Gasteiger partial charge on any atom is 0.0994 e. The first-order chi connectivity index (χ1) is 9.84. The topological polar surface area (TPSA) is 38.0 Å². The lowest BCUT2D eigenvalue weighted by atomic mass is 9.87. The Bertz CT molecular complexity index is 613. The molecule has 2 atom stereocenters. The molecule has 0 spiro atoms.